The Balaban J connectivity index is 1.65. The minimum Gasteiger partial charge on any atom is -0.497 e. The molecule has 0 aliphatic carbocycles. The number of amides is 1. The van der Waals surface area contributed by atoms with E-state index in [4.69, 9.17) is 16.3 Å². The number of methoxy groups -OCH3 is 1. The minimum absolute atomic E-state index is 0.0562. The largest absolute Gasteiger partial charge is 0.497 e. The number of fused-ring (bicyclic) bond motifs is 1. The number of hydrogen-bond donors (Lipinski definition) is 2. The summed E-state index contributed by atoms with van der Waals surface area (Å²) in [6.45, 7) is 1.83. The van der Waals surface area contributed by atoms with Crippen molar-refractivity contribution in [3.05, 3.63) is 64.7 Å². The van der Waals surface area contributed by atoms with Gasteiger partial charge in [0.1, 0.15) is 22.6 Å². The molecule has 3 aromatic rings. The van der Waals surface area contributed by atoms with Gasteiger partial charge in [0, 0.05) is 5.69 Å². The third-order valence-corrected chi connectivity index (χ3v) is 6.02. The standard InChI is InChI=1S/C19H17ClFN5O2S/c1-10-23-24-19-26(10)25-16(11-3-6-13(28-2)7-4-11)17(29-19)18(27)22-12-5-8-15(21)14(20)9-12/h3-9,16-17,25H,1-2H3,(H,22,27)/t16-,17-/m0/s1. The first-order valence-electron chi connectivity index (χ1n) is 8.71. The van der Waals surface area contributed by atoms with Gasteiger partial charge in [0.15, 0.2) is 0 Å². The molecule has 150 valence electrons. The van der Waals surface area contributed by atoms with Crippen molar-refractivity contribution in [1.82, 2.24) is 14.9 Å². The smallest absolute Gasteiger partial charge is 0.240 e. The molecule has 0 bridgehead atoms. The molecule has 0 radical (unpaired) electrons. The molecule has 2 aromatic carbocycles. The lowest BCUT2D eigenvalue weighted by atomic mass is 10.0. The molecular formula is C19H17ClFN5O2S. The van der Waals surface area contributed by atoms with Crippen LogP contribution < -0.4 is 15.5 Å². The van der Waals surface area contributed by atoms with Crippen LogP contribution in [0.5, 0.6) is 5.75 Å². The van der Waals surface area contributed by atoms with Gasteiger partial charge in [-0.25, -0.2) is 9.07 Å². The van der Waals surface area contributed by atoms with E-state index in [-0.39, 0.29) is 17.0 Å². The van der Waals surface area contributed by atoms with Gasteiger partial charge in [-0.15, -0.1) is 10.2 Å². The van der Waals surface area contributed by atoms with E-state index in [2.05, 4.69) is 20.9 Å². The molecule has 4 rings (SSSR count). The molecule has 0 spiro atoms. The molecule has 0 unspecified atom stereocenters. The Labute approximate surface area is 175 Å². The van der Waals surface area contributed by atoms with Crippen molar-refractivity contribution in [3.63, 3.8) is 0 Å². The summed E-state index contributed by atoms with van der Waals surface area (Å²) >= 11 is 7.13. The highest BCUT2D eigenvalue weighted by molar-refractivity contribution is 8.00. The van der Waals surface area contributed by atoms with Crippen LogP contribution in [0.4, 0.5) is 10.1 Å². The van der Waals surface area contributed by atoms with Crippen LogP contribution in [-0.4, -0.2) is 33.1 Å². The number of aryl methyl sites for hydroxylation is 1. The van der Waals surface area contributed by atoms with Gasteiger partial charge in [-0.3, -0.25) is 4.79 Å². The van der Waals surface area contributed by atoms with Crippen LogP contribution in [0.15, 0.2) is 47.6 Å². The highest BCUT2D eigenvalue weighted by Gasteiger charge is 2.37. The molecule has 2 heterocycles. The lowest BCUT2D eigenvalue weighted by Crippen LogP contribution is -2.41. The van der Waals surface area contributed by atoms with Gasteiger partial charge in [-0.05, 0) is 42.8 Å². The van der Waals surface area contributed by atoms with Crippen molar-refractivity contribution in [2.75, 3.05) is 17.9 Å². The van der Waals surface area contributed by atoms with Crippen molar-refractivity contribution in [3.8, 4) is 5.75 Å². The summed E-state index contributed by atoms with van der Waals surface area (Å²) in [5, 5.41) is 11.0. The highest BCUT2D eigenvalue weighted by Crippen LogP contribution is 2.38. The summed E-state index contributed by atoms with van der Waals surface area (Å²) in [6.07, 6.45) is 0. The quantitative estimate of drug-likeness (QED) is 0.651. The first kappa shape index (κ1) is 19.5. The maximum Gasteiger partial charge on any atom is 0.240 e. The van der Waals surface area contributed by atoms with Crippen molar-refractivity contribution in [2.45, 2.75) is 23.4 Å². The Morgan fingerprint density at radius 3 is 2.72 bits per heavy atom. The zero-order valence-corrected chi connectivity index (χ0v) is 17.1. The first-order valence-corrected chi connectivity index (χ1v) is 9.97. The van der Waals surface area contributed by atoms with Gasteiger partial charge >= 0.3 is 0 Å². The second-order valence-electron chi connectivity index (χ2n) is 6.40. The SMILES string of the molecule is COc1ccc([C@@H]2Nn3c(C)nnc3S[C@@H]2C(=O)Nc2ccc(F)c(Cl)c2)cc1. The fraction of sp³-hybridized carbons (Fsp3) is 0.211. The van der Waals surface area contributed by atoms with Gasteiger partial charge in [0.25, 0.3) is 0 Å². The second-order valence-corrected chi connectivity index (χ2v) is 7.92. The fourth-order valence-corrected chi connectivity index (χ4v) is 4.31. The minimum atomic E-state index is -0.552. The zero-order chi connectivity index (χ0) is 20.5. The summed E-state index contributed by atoms with van der Waals surface area (Å²) in [5.41, 5.74) is 4.63. The number of rotatable bonds is 4. The number of aromatic nitrogens is 3. The summed E-state index contributed by atoms with van der Waals surface area (Å²) in [7, 11) is 1.60. The van der Waals surface area contributed by atoms with E-state index in [0.717, 1.165) is 11.3 Å². The molecule has 1 aromatic heterocycles. The predicted molar refractivity (Wildman–Crippen MR) is 110 cm³/mol. The molecule has 29 heavy (non-hydrogen) atoms. The molecule has 10 heteroatoms. The molecule has 2 N–H and O–H groups in total. The normalized spacial score (nSPS) is 17.9. The van der Waals surface area contributed by atoms with Crippen molar-refractivity contribution >= 4 is 35.0 Å². The lowest BCUT2D eigenvalue weighted by molar-refractivity contribution is -0.116. The van der Waals surface area contributed by atoms with Crippen LogP contribution in [0.3, 0.4) is 0 Å². The number of ether oxygens (including phenoxy) is 1. The Bertz CT molecular complexity index is 1060. The Hall–Kier alpha value is -2.78. The lowest BCUT2D eigenvalue weighted by Gasteiger charge is -2.32. The van der Waals surface area contributed by atoms with Crippen LogP contribution in [0.25, 0.3) is 0 Å². The van der Waals surface area contributed by atoms with Crippen molar-refractivity contribution < 1.29 is 13.9 Å². The average molecular weight is 434 g/mol. The van der Waals surface area contributed by atoms with E-state index in [0.29, 0.717) is 16.7 Å². The van der Waals surface area contributed by atoms with E-state index in [1.165, 1.54) is 30.0 Å². The third kappa shape index (κ3) is 3.88. The Morgan fingerprint density at radius 2 is 2.03 bits per heavy atom. The molecule has 0 fully saturated rings. The zero-order valence-electron chi connectivity index (χ0n) is 15.5. The van der Waals surface area contributed by atoms with Gasteiger partial charge in [0.05, 0.1) is 18.2 Å². The fourth-order valence-electron chi connectivity index (χ4n) is 3.01. The molecule has 1 amide bonds. The van der Waals surface area contributed by atoms with Gasteiger partial charge in [0.2, 0.25) is 11.1 Å². The number of benzene rings is 2. The molecule has 0 saturated heterocycles. The number of halogens is 2. The summed E-state index contributed by atoms with van der Waals surface area (Å²) < 4.78 is 20.4. The molecule has 2 atom stereocenters. The van der Waals surface area contributed by atoms with Crippen LogP contribution in [0.1, 0.15) is 17.4 Å². The number of nitrogens with one attached hydrogen (secondary N) is 2. The van der Waals surface area contributed by atoms with E-state index >= 15 is 0 Å². The van der Waals surface area contributed by atoms with Crippen LogP contribution in [0.2, 0.25) is 5.02 Å². The second kappa shape index (κ2) is 7.92. The molecule has 0 saturated carbocycles. The number of anilines is 1. The van der Waals surface area contributed by atoms with Gasteiger partial charge in [-0.2, -0.15) is 0 Å². The predicted octanol–water partition coefficient (Wildman–Crippen LogP) is 3.79. The number of hydrogen-bond acceptors (Lipinski definition) is 6. The van der Waals surface area contributed by atoms with E-state index in [1.54, 1.807) is 11.8 Å². The molecule has 1 aliphatic heterocycles. The van der Waals surface area contributed by atoms with E-state index in [9.17, 15) is 9.18 Å². The maximum absolute atomic E-state index is 13.4. The third-order valence-electron chi connectivity index (χ3n) is 4.52. The van der Waals surface area contributed by atoms with Crippen LogP contribution >= 0.6 is 23.4 Å². The highest BCUT2D eigenvalue weighted by atomic mass is 35.5. The molecular weight excluding hydrogens is 417 g/mol. The van der Waals surface area contributed by atoms with Crippen LogP contribution in [0, 0.1) is 12.7 Å². The average Bonchev–Trinajstić information content (AvgIpc) is 3.10. The van der Waals surface area contributed by atoms with E-state index < -0.39 is 11.1 Å². The van der Waals surface area contributed by atoms with Gasteiger partial charge < -0.3 is 15.5 Å². The summed E-state index contributed by atoms with van der Waals surface area (Å²) in [4.78, 5) is 13.1. The summed E-state index contributed by atoms with van der Waals surface area (Å²) in [6, 6.07) is 11.2. The molecule has 1 aliphatic rings. The van der Waals surface area contributed by atoms with E-state index in [1.807, 2.05) is 31.2 Å². The van der Waals surface area contributed by atoms with Crippen molar-refractivity contribution in [2.24, 2.45) is 0 Å². The monoisotopic (exact) mass is 433 g/mol. The molecule has 7 nitrogen and oxygen atoms in total. The topological polar surface area (TPSA) is 81.1 Å². The number of thioether (sulfide) groups is 1. The van der Waals surface area contributed by atoms with Crippen LogP contribution in [-0.2, 0) is 4.79 Å². The maximum atomic E-state index is 13.4. The number of nitrogens with zero attached hydrogens (tertiary/aromatic N) is 3. The number of carbonyl (C=O) groups is 1. The number of carbonyl (C=O) groups excluding carboxylic acids is 1. The Morgan fingerprint density at radius 1 is 1.28 bits per heavy atom. The summed E-state index contributed by atoms with van der Waals surface area (Å²) in [5.74, 6) is 0.603. The Kier molecular flexibility index (Phi) is 5.33. The first-order chi connectivity index (χ1) is 14.0. The van der Waals surface area contributed by atoms with Crippen molar-refractivity contribution in [1.29, 1.82) is 0 Å². The van der Waals surface area contributed by atoms with Gasteiger partial charge in [-0.1, -0.05) is 35.5 Å².